The average Bonchev–Trinajstić information content (AvgIpc) is 2.59. The second-order valence-corrected chi connectivity index (χ2v) is 4.94. The van der Waals surface area contributed by atoms with Gasteiger partial charge >= 0.3 is 0 Å². The van der Waals surface area contributed by atoms with E-state index in [1.807, 2.05) is 37.3 Å². The number of hydrazone groups is 1. The predicted molar refractivity (Wildman–Crippen MR) is 88.4 cm³/mol. The van der Waals surface area contributed by atoms with Crippen molar-refractivity contribution in [2.75, 3.05) is 0 Å². The summed E-state index contributed by atoms with van der Waals surface area (Å²) in [5.74, 6) is -0.465. The number of hydrogen-bond donors (Lipinski definition) is 1. The van der Waals surface area contributed by atoms with Crippen LogP contribution in [0.2, 0.25) is 0 Å². The first-order valence-electron chi connectivity index (χ1n) is 7.24. The van der Waals surface area contributed by atoms with Crippen LogP contribution in [-0.4, -0.2) is 16.5 Å². The van der Waals surface area contributed by atoms with Crippen LogP contribution in [-0.2, 0) is 6.42 Å². The summed E-state index contributed by atoms with van der Waals surface area (Å²) in [7, 11) is 0. The lowest BCUT2D eigenvalue weighted by atomic mass is 10.1. The van der Waals surface area contributed by atoms with E-state index < -0.39 is 10.8 Å². The second kappa shape index (κ2) is 7.84. The van der Waals surface area contributed by atoms with E-state index in [1.54, 1.807) is 0 Å². The molecule has 23 heavy (non-hydrogen) atoms. The molecule has 6 heteroatoms. The molecule has 0 saturated heterocycles. The molecule has 0 heterocycles. The van der Waals surface area contributed by atoms with Crippen LogP contribution in [0.1, 0.15) is 29.3 Å². The zero-order valence-electron chi connectivity index (χ0n) is 12.7. The summed E-state index contributed by atoms with van der Waals surface area (Å²) in [5.41, 5.74) is 4.48. The molecule has 0 bridgehead atoms. The number of carbonyl (C=O) groups excluding carboxylic acids is 1. The van der Waals surface area contributed by atoms with Gasteiger partial charge in [-0.15, -0.1) is 0 Å². The maximum atomic E-state index is 12.1. The number of carbonyl (C=O) groups is 1. The highest BCUT2D eigenvalue weighted by Gasteiger charge is 2.11. The van der Waals surface area contributed by atoms with E-state index in [0.29, 0.717) is 12.8 Å². The van der Waals surface area contributed by atoms with Gasteiger partial charge in [-0.1, -0.05) is 43.3 Å². The molecule has 0 fully saturated rings. The Hall–Kier alpha value is -3.02. The normalized spacial score (nSPS) is 11.1. The fourth-order valence-corrected chi connectivity index (χ4v) is 2.03. The van der Waals surface area contributed by atoms with Gasteiger partial charge in [0.1, 0.15) is 0 Å². The van der Waals surface area contributed by atoms with Gasteiger partial charge in [-0.2, -0.15) is 5.10 Å². The zero-order valence-corrected chi connectivity index (χ0v) is 12.7. The Morgan fingerprint density at radius 3 is 2.57 bits per heavy atom. The number of hydrogen-bond acceptors (Lipinski definition) is 4. The molecule has 6 nitrogen and oxygen atoms in total. The Morgan fingerprint density at radius 1 is 1.17 bits per heavy atom. The molecule has 0 aromatic heterocycles. The molecule has 0 radical (unpaired) electrons. The molecule has 0 atom stereocenters. The lowest BCUT2D eigenvalue weighted by Crippen LogP contribution is -2.20. The lowest BCUT2D eigenvalue weighted by Gasteiger charge is -2.05. The first-order chi connectivity index (χ1) is 11.1. The summed E-state index contributed by atoms with van der Waals surface area (Å²) in [6.45, 7) is 1.96. The zero-order chi connectivity index (χ0) is 16.7. The topological polar surface area (TPSA) is 84.6 Å². The van der Waals surface area contributed by atoms with Crippen molar-refractivity contribution in [2.24, 2.45) is 5.10 Å². The molecule has 1 N–H and O–H groups in total. The van der Waals surface area contributed by atoms with Gasteiger partial charge in [-0.05, 0) is 18.1 Å². The van der Waals surface area contributed by atoms with Crippen molar-refractivity contribution in [3.05, 3.63) is 75.8 Å². The molecule has 0 aliphatic heterocycles. The number of rotatable bonds is 6. The molecule has 0 aliphatic carbocycles. The molecule has 118 valence electrons. The quantitative estimate of drug-likeness (QED) is 0.504. The fraction of sp³-hybridized carbons (Fsp3) is 0.176. The van der Waals surface area contributed by atoms with E-state index in [9.17, 15) is 14.9 Å². The smallest absolute Gasteiger partial charge is 0.267 e. The van der Waals surface area contributed by atoms with Crippen LogP contribution in [0.3, 0.4) is 0 Å². The van der Waals surface area contributed by atoms with Crippen molar-refractivity contribution in [2.45, 2.75) is 19.8 Å². The van der Waals surface area contributed by atoms with Crippen LogP contribution in [0, 0.1) is 10.1 Å². The standard InChI is InChI=1S/C17H17N3O3/c1-2-15(11-13-7-4-3-5-8-13)18-19-17(21)14-9-6-10-16(12-14)20(22)23/h3-10,12H,2,11H2,1H3,(H,19,21)/b18-15-. The van der Waals surface area contributed by atoms with E-state index in [4.69, 9.17) is 0 Å². The van der Waals surface area contributed by atoms with E-state index in [1.165, 1.54) is 24.3 Å². The van der Waals surface area contributed by atoms with Crippen molar-refractivity contribution >= 4 is 17.3 Å². The summed E-state index contributed by atoms with van der Waals surface area (Å²) < 4.78 is 0. The first kappa shape index (κ1) is 16.4. The molecular formula is C17H17N3O3. The van der Waals surface area contributed by atoms with Crippen LogP contribution in [0.15, 0.2) is 59.7 Å². The third-order valence-corrected chi connectivity index (χ3v) is 3.29. The number of amides is 1. The lowest BCUT2D eigenvalue weighted by molar-refractivity contribution is -0.384. The third kappa shape index (κ3) is 4.74. The molecule has 2 aromatic carbocycles. The highest BCUT2D eigenvalue weighted by Crippen LogP contribution is 2.13. The maximum absolute atomic E-state index is 12.1. The summed E-state index contributed by atoms with van der Waals surface area (Å²) >= 11 is 0. The van der Waals surface area contributed by atoms with E-state index in [0.717, 1.165) is 11.3 Å². The number of non-ortho nitro benzene ring substituents is 1. The van der Waals surface area contributed by atoms with Crippen LogP contribution in [0.4, 0.5) is 5.69 Å². The highest BCUT2D eigenvalue weighted by molar-refractivity contribution is 5.96. The minimum atomic E-state index is -0.535. The number of nitrogens with one attached hydrogen (secondary N) is 1. The van der Waals surface area contributed by atoms with Gasteiger partial charge in [0.15, 0.2) is 0 Å². The van der Waals surface area contributed by atoms with Gasteiger partial charge in [0, 0.05) is 29.8 Å². The first-order valence-corrected chi connectivity index (χ1v) is 7.24. The third-order valence-electron chi connectivity index (χ3n) is 3.29. The van der Waals surface area contributed by atoms with Crippen molar-refractivity contribution in [3.8, 4) is 0 Å². The Kier molecular flexibility index (Phi) is 5.57. The summed E-state index contributed by atoms with van der Waals surface area (Å²) in [6.07, 6.45) is 1.34. The number of benzene rings is 2. The largest absolute Gasteiger partial charge is 0.271 e. The molecule has 0 saturated carbocycles. The Bertz CT molecular complexity index is 727. The predicted octanol–water partition coefficient (Wildman–Crippen LogP) is 3.33. The second-order valence-electron chi connectivity index (χ2n) is 4.94. The minimum absolute atomic E-state index is 0.123. The van der Waals surface area contributed by atoms with Crippen LogP contribution in [0.5, 0.6) is 0 Å². The van der Waals surface area contributed by atoms with Crippen molar-refractivity contribution in [1.29, 1.82) is 0 Å². The van der Waals surface area contributed by atoms with Crippen LogP contribution < -0.4 is 5.43 Å². The van der Waals surface area contributed by atoms with Crippen LogP contribution >= 0.6 is 0 Å². The fourth-order valence-electron chi connectivity index (χ4n) is 2.03. The number of nitro benzene ring substituents is 1. The summed E-state index contributed by atoms with van der Waals surface area (Å²) in [6, 6.07) is 15.4. The molecule has 1 amide bonds. The van der Waals surface area contributed by atoms with E-state index in [-0.39, 0.29) is 11.3 Å². The molecular weight excluding hydrogens is 294 g/mol. The molecule has 0 unspecified atom stereocenters. The van der Waals surface area contributed by atoms with E-state index in [2.05, 4.69) is 10.5 Å². The molecule has 0 aliphatic rings. The van der Waals surface area contributed by atoms with Gasteiger partial charge in [0.2, 0.25) is 0 Å². The summed E-state index contributed by atoms with van der Waals surface area (Å²) in [4.78, 5) is 22.3. The van der Waals surface area contributed by atoms with E-state index >= 15 is 0 Å². The maximum Gasteiger partial charge on any atom is 0.271 e. The highest BCUT2D eigenvalue weighted by atomic mass is 16.6. The Labute approximate surface area is 134 Å². The van der Waals surface area contributed by atoms with Gasteiger partial charge in [-0.3, -0.25) is 14.9 Å². The SMILES string of the molecule is CC/C(Cc1ccccc1)=N/NC(=O)c1cccc([N+](=O)[O-])c1. The number of nitro groups is 1. The average molecular weight is 311 g/mol. The van der Waals surface area contributed by atoms with Gasteiger partial charge in [0.25, 0.3) is 11.6 Å². The number of nitrogens with zero attached hydrogens (tertiary/aromatic N) is 2. The van der Waals surface area contributed by atoms with Crippen LogP contribution in [0.25, 0.3) is 0 Å². The Morgan fingerprint density at radius 2 is 1.91 bits per heavy atom. The Balaban J connectivity index is 2.06. The van der Waals surface area contributed by atoms with Crippen molar-refractivity contribution in [3.63, 3.8) is 0 Å². The molecule has 2 aromatic rings. The van der Waals surface area contributed by atoms with Crippen molar-refractivity contribution < 1.29 is 9.72 Å². The monoisotopic (exact) mass is 311 g/mol. The molecule has 0 spiro atoms. The summed E-state index contributed by atoms with van der Waals surface area (Å²) in [5, 5.41) is 14.9. The van der Waals surface area contributed by atoms with Gasteiger partial charge in [0.05, 0.1) is 4.92 Å². The van der Waals surface area contributed by atoms with Crippen molar-refractivity contribution in [1.82, 2.24) is 5.43 Å². The van der Waals surface area contributed by atoms with Gasteiger partial charge < -0.3 is 0 Å². The van der Waals surface area contributed by atoms with Gasteiger partial charge in [-0.25, -0.2) is 5.43 Å². The minimum Gasteiger partial charge on any atom is -0.267 e. The molecule has 2 rings (SSSR count).